The van der Waals surface area contributed by atoms with Crippen molar-refractivity contribution >= 4 is 5.95 Å². The van der Waals surface area contributed by atoms with E-state index in [-0.39, 0.29) is 6.04 Å². The van der Waals surface area contributed by atoms with Crippen LogP contribution in [-0.2, 0) is 0 Å². The average Bonchev–Trinajstić information content (AvgIpc) is 3.33. The van der Waals surface area contributed by atoms with Crippen LogP contribution < -0.4 is 14.4 Å². The standard InChI is InChI=1S/C20H21N5O2/c1-2-6-16(7-3-1)25-20(21-22-23-25)24-11-4-8-17(24)15-9-10-18-19(14-15)27-13-5-12-26-18/h1-3,6-7,9-10,14,17H,4-5,8,11-13H2/t17-/m0/s1. The van der Waals surface area contributed by atoms with Crippen LogP contribution in [0.3, 0.4) is 0 Å². The molecule has 2 aliphatic heterocycles. The first-order chi connectivity index (χ1) is 13.4. The van der Waals surface area contributed by atoms with Crippen molar-refractivity contribution in [2.45, 2.75) is 25.3 Å². The molecule has 2 aromatic carbocycles. The Morgan fingerprint density at radius 2 is 1.78 bits per heavy atom. The molecular formula is C20H21N5O2. The Kier molecular flexibility index (Phi) is 4.12. The van der Waals surface area contributed by atoms with Gasteiger partial charge < -0.3 is 14.4 Å². The summed E-state index contributed by atoms with van der Waals surface area (Å²) in [7, 11) is 0. The van der Waals surface area contributed by atoms with E-state index in [1.165, 1.54) is 5.56 Å². The fourth-order valence-electron chi connectivity index (χ4n) is 3.84. The molecule has 7 nitrogen and oxygen atoms in total. The van der Waals surface area contributed by atoms with Gasteiger partial charge in [0.2, 0.25) is 0 Å². The molecule has 1 atom stereocenters. The van der Waals surface area contributed by atoms with Crippen LogP contribution in [0.15, 0.2) is 48.5 Å². The van der Waals surface area contributed by atoms with Gasteiger partial charge in [-0.1, -0.05) is 29.4 Å². The molecule has 5 rings (SSSR count). The highest BCUT2D eigenvalue weighted by molar-refractivity contribution is 5.49. The Morgan fingerprint density at radius 3 is 2.67 bits per heavy atom. The number of tetrazole rings is 1. The van der Waals surface area contributed by atoms with Crippen molar-refractivity contribution in [3.05, 3.63) is 54.1 Å². The minimum absolute atomic E-state index is 0.218. The Hall–Kier alpha value is -3.09. The lowest BCUT2D eigenvalue weighted by Crippen LogP contribution is -2.26. The molecule has 138 valence electrons. The third kappa shape index (κ3) is 2.99. The van der Waals surface area contributed by atoms with Crippen molar-refractivity contribution in [1.82, 2.24) is 20.2 Å². The molecule has 0 bridgehead atoms. The van der Waals surface area contributed by atoms with Gasteiger partial charge in [-0.25, -0.2) is 0 Å². The summed E-state index contributed by atoms with van der Waals surface area (Å²) in [5.41, 5.74) is 2.17. The van der Waals surface area contributed by atoms with Crippen LogP contribution in [0, 0.1) is 0 Å². The zero-order valence-corrected chi connectivity index (χ0v) is 15.0. The molecule has 0 radical (unpaired) electrons. The minimum atomic E-state index is 0.218. The summed E-state index contributed by atoms with van der Waals surface area (Å²) in [6.07, 6.45) is 3.06. The molecule has 0 aliphatic carbocycles. The van der Waals surface area contributed by atoms with Gasteiger partial charge in [0.25, 0.3) is 5.95 Å². The summed E-state index contributed by atoms with van der Waals surface area (Å²) < 4.78 is 13.5. The van der Waals surface area contributed by atoms with E-state index in [0.29, 0.717) is 13.2 Å². The molecule has 0 unspecified atom stereocenters. The van der Waals surface area contributed by atoms with Gasteiger partial charge in [-0.2, -0.15) is 4.68 Å². The van der Waals surface area contributed by atoms with Crippen LogP contribution in [0.4, 0.5) is 5.95 Å². The molecule has 7 heteroatoms. The van der Waals surface area contributed by atoms with Crippen molar-refractivity contribution < 1.29 is 9.47 Å². The van der Waals surface area contributed by atoms with Crippen LogP contribution in [0.25, 0.3) is 5.69 Å². The monoisotopic (exact) mass is 363 g/mol. The van der Waals surface area contributed by atoms with Crippen molar-refractivity contribution in [2.24, 2.45) is 0 Å². The minimum Gasteiger partial charge on any atom is -0.490 e. The summed E-state index contributed by atoms with van der Waals surface area (Å²) >= 11 is 0. The molecule has 0 spiro atoms. The zero-order valence-electron chi connectivity index (χ0n) is 15.0. The highest BCUT2D eigenvalue weighted by Gasteiger charge is 2.31. The third-order valence-corrected chi connectivity index (χ3v) is 5.12. The molecular weight excluding hydrogens is 342 g/mol. The molecule has 1 fully saturated rings. The Bertz CT molecular complexity index is 927. The first-order valence-corrected chi connectivity index (χ1v) is 9.40. The second-order valence-electron chi connectivity index (χ2n) is 6.83. The summed E-state index contributed by atoms with van der Waals surface area (Å²) in [5, 5.41) is 12.5. The maximum Gasteiger partial charge on any atom is 0.250 e. The van der Waals surface area contributed by atoms with E-state index in [1.54, 1.807) is 4.68 Å². The maximum atomic E-state index is 5.88. The van der Waals surface area contributed by atoms with Crippen molar-refractivity contribution in [3.63, 3.8) is 0 Å². The van der Waals surface area contributed by atoms with Gasteiger partial charge in [-0.15, -0.1) is 0 Å². The number of ether oxygens (including phenoxy) is 2. The largest absolute Gasteiger partial charge is 0.490 e. The zero-order chi connectivity index (χ0) is 18.1. The van der Waals surface area contributed by atoms with Crippen molar-refractivity contribution in [3.8, 4) is 17.2 Å². The van der Waals surface area contributed by atoms with Crippen LogP contribution in [0.2, 0.25) is 0 Å². The van der Waals surface area contributed by atoms with Crippen LogP contribution in [0.5, 0.6) is 11.5 Å². The number of hydrogen-bond acceptors (Lipinski definition) is 6. The number of para-hydroxylation sites is 1. The van der Waals surface area contributed by atoms with Crippen LogP contribution in [-0.4, -0.2) is 40.0 Å². The lowest BCUT2D eigenvalue weighted by atomic mass is 10.0. The summed E-state index contributed by atoms with van der Waals surface area (Å²) in [6, 6.07) is 16.5. The second-order valence-corrected chi connectivity index (χ2v) is 6.83. The van der Waals surface area contributed by atoms with E-state index >= 15 is 0 Å². The highest BCUT2D eigenvalue weighted by Crippen LogP contribution is 2.39. The van der Waals surface area contributed by atoms with Crippen molar-refractivity contribution in [1.29, 1.82) is 0 Å². The lowest BCUT2D eigenvalue weighted by Gasteiger charge is -2.26. The number of anilines is 1. The molecule has 1 saturated heterocycles. The second kappa shape index (κ2) is 6.90. The fourth-order valence-corrected chi connectivity index (χ4v) is 3.84. The number of aromatic nitrogens is 4. The summed E-state index contributed by atoms with van der Waals surface area (Å²) in [6.45, 7) is 2.32. The quantitative estimate of drug-likeness (QED) is 0.712. The molecule has 3 heterocycles. The summed E-state index contributed by atoms with van der Waals surface area (Å²) in [5.74, 6) is 2.44. The first-order valence-electron chi connectivity index (χ1n) is 9.40. The number of hydrogen-bond donors (Lipinski definition) is 0. The number of nitrogens with zero attached hydrogens (tertiary/aromatic N) is 5. The van der Waals surface area contributed by atoms with Crippen molar-refractivity contribution in [2.75, 3.05) is 24.7 Å². The molecule has 27 heavy (non-hydrogen) atoms. The molecule has 0 saturated carbocycles. The van der Waals surface area contributed by atoms with Gasteiger partial charge in [-0.3, -0.25) is 0 Å². The number of rotatable bonds is 3. The normalized spacial score (nSPS) is 19.1. The molecule has 1 aromatic heterocycles. The highest BCUT2D eigenvalue weighted by atomic mass is 16.5. The van der Waals surface area contributed by atoms with Crippen LogP contribution >= 0.6 is 0 Å². The van der Waals surface area contributed by atoms with Gasteiger partial charge in [0.05, 0.1) is 24.9 Å². The third-order valence-electron chi connectivity index (χ3n) is 5.12. The lowest BCUT2D eigenvalue weighted by molar-refractivity contribution is 0.297. The Labute approximate surface area is 157 Å². The molecule has 3 aromatic rings. The first kappa shape index (κ1) is 16.1. The van der Waals surface area contributed by atoms with Gasteiger partial charge in [0, 0.05) is 13.0 Å². The van der Waals surface area contributed by atoms with E-state index in [2.05, 4.69) is 32.6 Å². The Balaban J connectivity index is 1.49. The van der Waals surface area contributed by atoms with E-state index in [9.17, 15) is 0 Å². The van der Waals surface area contributed by atoms with Crippen LogP contribution in [0.1, 0.15) is 30.9 Å². The predicted octanol–water partition coefficient (Wildman–Crippen LogP) is 3.17. The SMILES string of the molecule is c1ccc(-n2nnnc2N2CCC[C@H]2c2ccc3c(c2)OCCCO3)cc1. The van der Waals surface area contributed by atoms with E-state index in [1.807, 2.05) is 36.4 Å². The molecule has 2 aliphatic rings. The summed E-state index contributed by atoms with van der Waals surface area (Å²) in [4.78, 5) is 2.28. The maximum absolute atomic E-state index is 5.88. The van der Waals surface area contributed by atoms with Gasteiger partial charge in [0.1, 0.15) is 0 Å². The van der Waals surface area contributed by atoms with Gasteiger partial charge in [-0.05, 0) is 53.1 Å². The van der Waals surface area contributed by atoms with E-state index in [4.69, 9.17) is 9.47 Å². The van der Waals surface area contributed by atoms with Gasteiger partial charge in [0.15, 0.2) is 11.5 Å². The van der Waals surface area contributed by atoms with E-state index < -0.39 is 0 Å². The number of fused-ring (bicyclic) bond motifs is 1. The number of benzene rings is 2. The smallest absolute Gasteiger partial charge is 0.250 e. The predicted molar refractivity (Wildman–Crippen MR) is 101 cm³/mol. The van der Waals surface area contributed by atoms with E-state index in [0.717, 1.165) is 48.9 Å². The molecule has 0 N–H and O–H groups in total. The van der Waals surface area contributed by atoms with Gasteiger partial charge >= 0.3 is 0 Å². The fraction of sp³-hybridized carbons (Fsp3) is 0.350. The Morgan fingerprint density at radius 1 is 0.926 bits per heavy atom. The topological polar surface area (TPSA) is 65.3 Å². The molecule has 0 amide bonds. The average molecular weight is 363 g/mol.